The summed E-state index contributed by atoms with van der Waals surface area (Å²) in [4.78, 5) is 18.9. The van der Waals surface area contributed by atoms with Crippen LogP contribution in [0.25, 0.3) is 10.9 Å². The second-order valence-electron chi connectivity index (χ2n) is 6.35. The van der Waals surface area contributed by atoms with Crippen LogP contribution in [0.2, 0.25) is 0 Å². The number of benzene rings is 1. The number of nitrogens with one attached hydrogen (secondary N) is 1. The summed E-state index contributed by atoms with van der Waals surface area (Å²) in [6, 6.07) is 6.92. The summed E-state index contributed by atoms with van der Waals surface area (Å²) < 4.78 is 5.37. The maximum absolute atomic E-state index is 12.8. The topological polar surface area (TPSA) is 97.1 Å². The fraction of sp³-hybridized carbons (Fsp3) is 0.316. The highest BCUT2D eigenvalue weighted by molar-refractivity contribution is 5.88. The van der Waals surface area contributed by atoms with Crippen molar-refractivity contribution in [3.05, 3.63) is 53.0 Å². The average molecular weight is 353 g/mol. The fourth-order valence-electron chi connectivity index (χ4n) is 3.22. The highest BCUT2D eigenvalue weighted by atomic mass is 16.5. The zero-order valence-corrected chi connectivity index (χ0v) is 15.4. The Morgan fingerprint density at radius 1 is 1.35 bits per heavy atom. The van der Waals surface area contributed by atoms with Crippen LogP contribution in [0.5, 0.6) is 5.75 Å². The lowest BCUT2D eigenvalue weighted by Gasteiger charge is -2.22. The summed E-state index contributed by atoms with van der Waals surface area (Å²) in [5.74, 6) is 0.546. The number of likely N-dealkylation sites (N-methyl/N-ethyl adjacent to an activating group) is 1. The van der Waals surface area contributed by atoms with E-state index < -0.39 is 6.04 Å². The Morgan fingerprint density at radius 3 is 2.77 bits per heavy atom. The number of amides is 1. The minimum atomic E-state index is -0.749. The van der Waals surface area contributed by atoms with Gasteiger partial charge in [0.1, 0.15) is 17.3 Å². The molecule has 1 aromatic carbocycles. The molecule has 7 heteroatoms. The van der Waals surface area contributed by atoms with Gasteiger partial charge in [-0.1, -0.05) is 12.1 Å². The number of hydrogen-bond donors (Lipinski definition) is 2. The van der Waals surface area contributed by atoms with Crippen LogP contribution in [0.1, 0.15) is 28.6 Å². The molecule has 1 amide bonds. The van der Waals surface area contributed by atoms with Crippen LogP contribution in [-0.4, -0.2) is 40.1 Å². The molecule has 0 saturated carbocycles. The van der Waals surface area contributed by atoms with Crippen LogP contribution in [0.3, 0.4) is 0 Å². The van der Waals surface area contributed by atoms with Gasteiger partial charge in [-0.2, -0.15) is 5.10 Å². The Labute approximate surface area is 152 Å². The molecule has 0 radical (unpaired) electrons. The molecule has 136 valence electrons. The molecule has 2 heterocycles. The molecule has 0 bridgehead atoms. The molecule has 0 fully saturated rings. The Kier molecular flexibility index (Phi) is 4.90. The van der Waals surface area contributed by atoms with Gasteiger partial charge in [-0.25, -0.2) is 0 Å². The number of aryl methyl sites for hydroxylation is 2. The number of aromatic nitrogens is 3. The van der Waals surface area contributed by atoms with Crippen molar-refractivity contribution in [1.82, 2.24) is 20.1 Å². The molecule has 3 N–H and O–H groups in total. The van der Waals surface area contributed by atoms with Crippen LogP contribution in [-0.2, 0) is 11.3 Å². The second kappa shape index (κ2) is 7.13. The van der Waals surface area contributed by atoms with Gasteiger partial charge in [0.2, 0.25) is 5.91 Å². The van der Waals surface area contributed by atoms with Crippen molar-refractivity contribution in [3.8, 4) is 5.75 Å². The first-order chi connectivity index (χ1) is 12.4. The van der Waals surface area contributed by atoms with Gasteiger partial charge in [-0.05, 0) is 31.5 Å². The van der Waals surface area contributed by atoms with Crippen molar-refractivity contribution in [1.29, 1.82) is 0 Å². The number of rotatable bonds is 5. The molecule has 0 saturated heterocycles. The molecule has 0 aliphatic heterocycles. The third kappa shape index (κ3) is 3.13. The second-order valence-corrected chi connectivity index (χ2v) is 6.35. The minimum Gasteiger partial charge on any atom is -0.494 e. The molecule has 7 nitrogen and oxygen atoms in total. The third-order valence-electron chi connectivity index (χ3n) is 4.59. The number of methoxy groups -OCH3 is 1. The molecule has 2 aromatic heterocycles. The number of hydrogen-bond acceptors (Lipinski definition) is 5. The monoisotopic (exact) mass is 353 g/mol. The molecule has 0 aliphatic carbocycles. The maximum Gasteiger partial charge on any atom is 0.244 e. The number of aromatic amines is 1. The lowest BCUT2D eigenvalue weighted by molar-refractivity contribution is -0.132. The Morgan fingerprint density at radius 2 is 2.12 bits per heavy atom. The lowest BCUT2D eigenvalue weighted by Crippen LogP contribution is -2.36. The molecular formula is C19H23N5O2. The van der Waals surface area contributed by atoms with E-state index in [0.717, 1.165) is 33.4 Å². The van der Waals surface area contributed by atoms with Gasteiger partial charge < -0.3 is 15.4 Å². The van der Waals surface area contributed by atoms with Gasteiger partial charge in [0.25, 0.3) is 0 Å². The van der Waals surface area contributed by atoms with Gasteiger partial charge in [0.15, 0.2) is 0 Å². The van der Waals surface area contributed by atoms with E-state index >= 15 is 0 Å². The van der Waals surface area contributed by atoms with Crippen LogP contribution in [0, 0.1) is 13.8 Å². The van der Waals surface area contributed by atoms with Gasteiger partial charge in [0, 0.05) is 36.4 Å². The van der Waals surface area contributed by atoms with Crippen LogP contribution >= 0.6 is 0 Å². The van der Waals surface area contributed by atoms with Crippen molar-refractivity contribution in [2.24, 2.45) is 5.73 Å². The number of H-pyrrole nitrogens is 1. The first-order valence-electron chi connectivity index (χ1n) is 8.36. The first-order valence-corrected chi connectivity index (χ1v) is 8.36. The van der Waals surface area contributed by atoms with Crippen LogP contribution in [0.15, 0.2) is 30.5 Å². The Bertz CT molecular complexity index is 931. The largest absolute Gasteiger partial charge is 0.494 e. The van der Waals surface area contributed by atoms with Crippen molar-refractivity contribution in [2.45, 2.75) is 26.4 Å². The van der Waals surface area contributed by atoms with E-state index in [1.54, 1.807) is 25.3 Å². The Balaban J connectivity index is 1.87. The average Bonchev–Trinajstić information content (AvgIpc) is 2.99. The number of ether oxygens (including phenoxy) is 1. The summed E-state index contributed by atoms with van der Waals surface area (Å²) in [6.07, 6.45) is 1.73. The first kappa shape index (κ1) is 17.9. The summed E-state index contributed by atoms with van der Waals surface area (Å²) in [6.45, 7) is 4.13. The number of nitrogens with two attached hydrogens (primary N) is 1. The zero-order chi connectivity index (χ0) is 18.8. The van der Waals surface area contributed by atoms with E-state index in [-0.39, 0.29) is 5.91 Å². The lowest BCUT2D eigenvalue weighted by atomic mass is 10.0. The zero-order valence-electron chi connectivity index (χ0n) is 15.4. The number of pyridine rings is 1. The fourth-order valence-corrected chi connectivity index (χ4v) is 3.22. The van der Waals surface area contributed by atoms with E-state index in [9.17, 15) is 4.79 Å². The van der Waals surface area contributed by atoms with Crippen LogP contribution < -0.4 is 10.5 Å². The van der Waals surface area contributed by atoms with E-state index in [1.807, 2.05) is 38.1 Å². The van der Waals surface area contributed by atoms with E-state index in [2.05, 4.69) is 15.2 Å². The van der Waals surface area contributed by atoms with Gasteiger partial charge in [-0.3, -0.25) is 14.9 Å². The highest BCUT2D eigenvalue weighted by Gasteiger charge is 2.25. The summed E-state index contributed by atoms with van der Waals surface area (Å²) in [5, 5.41) is 7.95. The van der Waals surface area contributed by atoms with Crippen molar-refractivity contribution in [2.75, 3.05) is 14.2 Å². The molecule has 26 heavy (non-hydrogen) atoms. The number of carbonyl (C=O) groups excluding carboxylic acids is 1. The standard InChI is InChI=1S/C19H23N5O2/c1-11-16(12(2)23-22-11)17(20)19(25)24(3)10-13-7-8-15(26-4)18-14(13)6-5-9-21-18/h5-9,17H,10,20H2,1-4H3,(H,22,23)/t17-/m1/s1. The van der Waals surface area contributed by atoms with Crippen molar-refractivity contribution >= 4 is 16.8 Å². The summed E-state index contributed by atoms with van der Waals surface area (Å²) >= 11 is 0. The quantitative estimate of drug-likeness (QED) is 0.733. The molecular weight excluding hydrogens is 330 g/mol. The number of carbonyl (C=O) groups is 1. The molecule has 3 aromatic rings. The van der Waals surface area contributed by atoms with E-state index in [4.69, 9.17) is 10.5 Å². The van der Waals surface area contributed by atoms with Gasteiger partial charge in [0.05, 0.1) is 12.8 Å². The third-order valence-corrected chi connectivity index (χ3v) is 4.59. The predicted octanol–water partition coefficient (Wildman–Crippen LogP) is 2.24. The van der Waals surface area contributed by atoms with Gasteiger partial charge >= 0.3 is 0 Å². The SMILES string of the molecule is COc1ccc(CN(C)C(=O)[C@H](N)c2c(C)n[nH]c2C)c2cccnc12. The summed E-state index contributed by atoms with van der Waals surface area (Å²) in [7, 11) is 3.37. The van der Waals surface area contributed by atoms with E-state index in [1.165, 1.54) is 0 Å². The maximum atomic E-state index is 12.8. The molecule has 0 aliphatic rings. The predicted molar refractivity (Wildman–Crippen MR) is 99.8 cm³/mol. The Hall–Kier alpha value is -2.93. The van der Waals surface area contributed by atoms with Gasteiger partial charge in [-0.15, -0.1) is 0 Å². The number of fused-ring (bicyclic) bond motifs is 1. The highest BCUT2D eigenvalue weighted by Crippen LogP contribution is 2.28. The molecule has 0 spiro atoms. The van der Waals surface area contributed by atoms with Crippen LogP contribution in [0.4, 0.5) is 0 Å². The normalized spacial score (nSPS) is 12.2. The van der Waals surface area contributed by atoms with E-state index in [0.29, 0.717) is 12.3 Å². The molecule has 1 atom stereocenters. The summed E-state index contributed by atoms with van der Waals surface area (Å²) in [5.41, 5.74) is 10.3. The van der Waals surface area contributed by atoms with Crippen molar-refractivity contribution in [3.63, 3.8) is 0 Å². The smallest absolute Gasteiger partial charge is 0.244 e. The minimum absolute atomic E-state index is 0.162. The number of nitrogens with zero attached hydrogens (tertiary/aromatic N) is 3. The van der Waals surface area contributed by atoms with Crippen molar-refractivity contribution < 1.29 is 9.53 Å². The molecule has 0 unspecified atom stereocenters. The molecule has 3 rings (SSSR count).